The minimum Gasteiger partial charge on any atom is -0.324 e. The average molecular weight is 372 g/mol. The molecule has 0 radical (unpaired) electrons. The number of benzene rings is 2. The molecular formula is C15H15ClIN. The highest BCUT2D eigenvalue weighted by atomic mass is 127. The van der Waals surface area contributed by atoms with E-state index in [2.05, 4.69) is 52.9 Å². The van der Waals surface area contributed by atoms with Gasteiger partial charge < -0.3 is 5.73 Å². The van der Waals surface area contributed by atoms with Crippen molar-refractivity contribution in [1.82, 2.24) is 0 Å². The lowest BCUT2D eigenvalue weighted by Gasteiger charge is -2.13. The summed E-state index contributed by atoms with van der Waals surface area (Å²) in [4.78, 5) is 0. The van der Waals surface area contributed by atoms with Crippen molar-refractivity contribution < 1.29 is 0 Å². The summed E-state index contributed by atoms with van der Waals surface area (Å²) in [7, 11) is 0. The lowest BCUT2D eigenvalue weighted by atomic mass is 9.98. The van der Waals surface area contributed by atoms with Gasteiger partial charge in [-0.25, -0.2) is 0 Å². The van der Waals surface area contributed by atoms with Crippen molar-refractivity contribution in [2.45, 2.75) is 19.4 Å². The van der Waals surface area contributed by atoms with Gasteiger partial charge in [-0.2, -0.15) is 0 Å². The van der Waals surface area contributed by atoms with E-state index < -0.39 is 0 Å². The van der Waals surface area contributed by atoms with Crippen molar-refractivity contribution in [2.75, 3.05) is 0 Å². The molecule has 0 aliphatic rings. The summed E-state index contributed by atoms with van der Waals surface area (Å²) in [6.45, 7) is 2.03. The van der Waals surface area contributed by atoms with Crippen molar-refractivity contribution in [1.29, 1.82) is 0 Å². The van der Waals surface area contributed by atoms with E-state index >= 15 is 0 Å². The first-order valence-electron chi connectivity index (χ1n) is 5.82. The predicted molar refractivity (Wildman–Crippen MR) is 86.0 cm³/mol. The molecule has 1 unspecified atom stereocenters. The molecular weight excluding hydrogens is 357 g/mol. The summed E-state index contributed by atoms with van der Waals surface area (Å²) in [6.07, 6.45) is 0.830. The van der Waals surface area contributed by atoms with Crippen molar-refractivity contribution in [3.8, 4) is 0 Å². The normalized spacial score (nSPS) is 12.4. The Hall–Kier alpha value is -0.580. The Morgan fingerprint density at radius 2 is 1.83 bits per heavy atom. The van der Waals surface area contributed by atoms with Crippen LogP contribution in [0.4, 0.5) is 0 Å². The summed E-state index contributed by atoms with van der Waals surface area (Å²) < 4.78 is 1.24. The number of halogens is 2. The molecule has 2 aromatic carbocycles. The van der Waals surface area contributed by atoms with E-state index in [1.807, 2.05) is 19.1 Å². The fraction of sp³-hybridized carbons (Fsp3) is 0.200. The molecule has 0 fully saturated rings. The van der Waals surface area contributed by atoms with E-state index in [1.165, 1.54) is 9.13 Å². The molecule has 0 spiro atoms. The predicted octanol–water partition coefficient (Wildman–Crippen LogP) is 4.50. The minimum absolute atomic E-state index is 0.0116. The molecule has 18 heavy (non-hydrogen) atoms. The second-order valence-corrected chi connectivity index (χ2v) is 6.18. The van der Waals surface area contributed by atoms with Crippen LogP contribution in [-0.2, 0) is 6.42 Å². The van der Waals surface area contributed by atoms with E-state index in [1.54, 1.807) is 0 Å². The Morgan fingerprint density at radius 3 is 2.44 bits per heavy atom. The van der Waals surface area contributed by atoms with E-state index in [4.69, 9.17) is 17.3 Å². The fourth-order valence-corrected chi connectivity index (χ4v) is 2.63. The first-order chi connectivity index (χ1) is 8.54. The number of hydrogen-bond donors (Lipinski definition) is 1. The molecule has 0 aliphatic heterocycles. The van der Waals surface area contributed by atoms with E-state index in [-0.39, 0.29) is 6.04 Å². The van der Waals surface area contributed by atoms with Gasteiger partial charge in [0.05, 0.1) is 0 Å². The highest BCUT2D eigenvalue weighted by Gasteiger charge is 2.08. The molecule has 0 bridgehead atoms. The van der Waals surface area contributed by atoms with Crippen molar-refractivity contribution in [3.05, 3.63) is 67.7 Å². The van der Waals surface area contributed by atoms with Crippen molar-refractivity contribution >= 4 is 34.2 Å². The Bertz CT molecular complexity index is 516. The molecule has 0 aliphatic carbocycles. The number of rotatable bonds is 3. The van der Waals surface area contributed by atoms with Gasteiger partial charge in [0.25, 0.3) is 0 Å². The smallest absolute Gasteiger partial charge is 0.0411 e. The Morgan fingerprint density at radius 1 is 1.17 bits per heavy atom. The SMILES string of the molecule is Cc1cc(Cl)cc(C(N)Cc2ccc(I)cc2)c1. The van der Waals surface area contributed by atoms with E-state index in [9.17, 15) is 0 Å². The van der Waals surface area contributed by atoms with Crippen LogP contribution in [0.25, 0.3) is 0 Å². The lowest BCUT2D eigenvalue weighted by molar-refractivity contribution is 0.721. The second-order valence-electron chi connectivity index (χ2n) is 4.50. The van der Waals surface area contributed by atoms with Gasteiger partial charge in [-0.1, -0.05) is 29.8 Å². The monoisotopic (exact) mass is 371 g/mol. The lowest BCUT2D eigenvalue weighted by Crippen LogP contribution is -2.13. The van der Waals surface area contributed by atoms with Crippen molar-refractivity contribution in [3.63, 3.8) is 0 Å². The topological polar surface area (TPSA) is 26.0 Å². The summed E-state index contributed by atoms with van der Waals surface area (Å²) in [5, 5.41) is 0.753. The van der Waals surface area contributed by atoms with Gasteiger partial charge in [0, 0.05) is 14.6 Å². The zero-order valence-corrected chi connectivity index (χ0v) is 13.1. The van der Waals surface area contributed by atoms with Crippen LogP contribution in [0.15, 0.2) is 42.5 Å². The fourth-order valence-electron chi connectivity index (χ4n) is 1.97. The number of aryl methyl sites for hydroxylation is 1. The van der Waals surface area contributed by atoms with Gasteiger partial charge in [-0.3, -0.25) is 0 Å². The molecule has 1 atom stereocenters. The number of nitrogens with two attached hydrogens (primary N) is 1. The summed E-state index contributed by atoms with van der Waals surface area (Å²) >= 11 is 8.36. The van der Waals surface area contributed by atoms with Crippen LogP contribution >= 0.6 is 34.2 Å². The third-order valence-corrected chi connectivity index (χ3v) is 3.80. The van der Waals surface area contributed by atoms with Crippen molar-refractivity contribution in [2.24, 2.45) is 5.73 Å². The van der Waals surface area contributed by atoms with Crippen LogP contribution < -0.4 is 5.73 Å². The quantitative estimate of drug-likeness (QED) is 0.790. The molecule has 0 saturated carbocycles. The van der Waals surface area contributed by atoms with Crippen LogP contribution in [0.3, 0.4) is 0 Å². The molecule has 3 heteroatoms. The van der Waals surface area contributed by atoms with Gasteiger partial charge >= 0.3 is 0 Å². The molecule has 2 aromatic rings. The maximum atomic E-state index is 6.24. The standard InChI is InChI=1S/C15H15ClIN/c1-10-6-12(9-13(16)7-10)15(18)8-11-2-4-14(17)5-3-11/h2-7,9,15H,8,18H2,1H3. The molecule has 2 rings (SSSR count). The molecule has 1 nitrogen and oxygen atoms in total. The van der Waals surface area contributed by atoms with Crippen LogP contribution in [0.1, 0.15) is 22.7 Å². The largest absolute Gasteiger partial charge is 0.324 e. The van der Waals surface area contributed by atoms with Crippen LogP contribution in [0.2, 0.25) is 5.02 Å². The maximum absolute atomic E-state index is 6.24. The Balaban J connectivity index is 2.16. The van der Waals surface area contributed by atoms with Gasteiger partial charge in [0.2, 0.25) is 0 Å². The molecule has 0 amide bonds. The van der Waals surface area contributed by atoms with Crippen LogP contribution in [0.5, 0.6) is 0 Å². The van der Waals surface area contributed by atoms with Gasteiger partial charge in [0.15, 0.2) is 0 Å². The van der Waals surface area contributed by atoms with E-state index in [0.717, 1.165) is 22.6 Å². The van der Waals surface area contributed by atoms with Gasteiger partial charge in [0.1, 0.15) is 0 Å². The van der Waals surface area contributed by atoms with E-state index in [0.29, 0.717) is 0 Å². The molecule has 0 heterocycles. The summed E-state index contributed by atoms with van der Waals surface area (Å²) in [5.41, 5.74) is 9.74. The summed E-state index contributed by atoms with van der Waals surface area (Å²) in [5.74, 6) is 0. The van der Waals surface area contributed by atoms with Crippen LogP contribution in [-0.4, -0.2) is 0 Å². The Labute approximate surface area is 126 Å². The zero-order chi connectivity index (χ0) is 13.1. The Kier molecular flexibility index (Phi) is 4.65. The first kappa shape index (κ1) is 13.8. The zero-order valence-electron chi connectivity index (χ0n) is 10.2. The first-order valence-corrected chi connectivity index (χ1v) is 7.27. The van der Waals surface area contributed by atoms with Gasteiger partial charge in [-0.15, -0.1) is 0 Å². The number of hydrogen-bond acceptors (Lipinski definition) is 1. The third kappa shape index (κ3) is 3.70. The molecule has 2 N–H and O–H groups in total. The highest BCUT2D eigenvalue weighted by Crippen LogP contribution is 2.22. The second kappa shape index (κ2) is 6.04. The average Bonchev–Trinajstić information content (AvgIpc) is 2.31. The maximum Gasteiger partial charge on any atom is 0.0411 e. The molecule has 94 valence electrons. The molecule has 0 saturated heterocycles. The minimum atomic E-state index is -0.0116. The molecule has 0 aromatic heterocycles. The highest BCUT2D eigenvalue weighted by molar-refractivity contribution is 14.1. The summed E-state index contributed by atoms with van der Waals surface area (Å²) in [6, 6.07) is 14.4. The third-order valence-electron chi connectivity index (χ3n) is 2.86. The van der Waals surface area contributed by atoms with Gasteiger partial charge in [-0.05, 0) is 76.9 Å². The van der Waals surface area contributed by atoms with Crippen LogP contribution in [0, 0.1) is 10.5 Å².